The third kappa shape index (κ3) is 4.76. The van der Waals surface area contributed by atoms with Gasteiger partial charge in [-0.25, -0.2) is 11.5 Å². The topological polar surface area (TPSA) is 52.0 Å². The summed E-state index contributed by atoms with van der Waals surface area (Å²) < 4.78 is 273. The normalized spacial score (nSPS) is 16.0. The predicted octanol–water partition coefficient (Wildman–Crippen LogP) is 2.32. The quantitative estimate of drug-likeness (QED) is 0.166. The highest BCUT2D eigenvalue weighted by atomic mass is 127. The number of alkyl halides is 21. The van der Waals surface area contributed by atoms with Gasteiger partial charge < -0.3 is 24.0 Å². The molecule has 0 aliphatic heterocycles. The number of hydrogen-bond acceptors (Lipinski definition) is 0. The molecular formula is C11H4F21IN2S. The van der Waals surface area contributed by atoms with Crippen molar-refractivity contribution in [2.45, 2.75) is 58.8 Å². The third-order valence-corrected chi connectivity index (χ3v) is 4.48. The fraction of sp³-hybridized carbons (Fsp3) is 0.909. The third-order valence-electron chi connectivity index (χ3n) is 3.73. The minimum Gasteiger partial charge on any atom is -1.00 e. The van der Waals surface area contributed by atoms with Crippen LogP contribution in [0.5, 0.6) is 0 Å². The summed E-state index contributed by atoms with van der Waals surface area (Å²) in [5.41, 5.74) is 8.32. The largest absolute Gasteiger partial charge is 1.00 e. The zero-order valence-corrected chi connectivity index (χ0v) is 18.4. The first-order valence-corrected chi connectivity index (χ1v) is 8.02. The van der Waals surface area contributed by atoms with Crippen LogP contribution in [0, 0.1) is 0 Å². The van der Waals surface area contributed by atoms with Gasteiger partial charge in [-0.2, -0.15) is 83.4 Å². The van der Waals surface area contributed by atoms with Crippen molar-refractivity contribution in [2.24, 2.45) is 11.5 Å². The molecule has 0 aromatic rings. The minimum atomic E-state index is -9.19. The van der Waals surface area contributed by atoms with Crippen LogP contribution in [0.1, 0.15) is 0 Å². The molecule has 4 N–H and O–H groups in total. The molecular weight excluding hydrogens is 718 g/mol. The number of hydrogen-bond donors (Lipinski definition) is 2. The van der Waals surface area contributed by atoms with E-state index in [1.54, 1.807) is 0 Å². The maximum Gasteiger partial charge on any atom is 0.551 e. The molecule has 0 rings (SSSR count). The van der Waals surface area contributed by atoms with Crippen molar-refractivity contribution in [3.8, 4) is 0 Å². The first-order valence-electron chi connectivity index (χ1n) is 7.20. The van der Waals surface area contributed by atoms with E-state index in [2.05, 4.69) is 11.5 Å². The van der Waals surface area contributed by atoms with Gasteiger partial charge in [-0.05, 0) is 0 Å². The van der Waals surface area contributed by atoms with E-state index >= 15 is 0 Å². The zero-order valence-electron chi connectivity index (χ0n) is 15.4. The predicted molar refractivity (Wildman–Crippen MR) is 71.3 cm³/mol. The van der Waals surface area contributed by atoms with E-state index in [4.69, 9.17) is 0 Å². The van der Waals surface area contributed by atoms with Gasteiger partial charge in [-0.1, -0.05) is 0 Å². The molecule has 218 valence electrons. The Kier molecular flexibility index (Phi) is 9.85. The summed E-state index contributed by atoms with van der Waals surface area (Å²) in [7, 11) is 0. The Labute approximate surface area is 203 Å². The molecule has 0 aliphatic rings. The van der Waals surface area contributed by atoms with E-state index in [0.717, 1.165) is 0 Å². The van der Waals surface area contributed by atoms with Crippen molar-refractivity contribution in [1.29, 1.82) is 0 Å². The highest BCUT2D eigenvalue weighted by Gasteiger charge is 2.99. The Morgan fingerprint density at radius 2 is 0.556 bits per heavy atom. The second-order valence-electron chi connectivity index (χ2n) is 6.11. The van der Waals surface area contributed by atoms with Gasteiger partial charge in [0.15, 0.2) is 0 Å². The second kappa shape index (κ2) is 9.48. The Bertz CT molecular complexity index is 826. The maximum atomic E-state index is 13.4. The minimum absolute atomic E-state index is 0. The summed E-state index contributed by atoms with van der Waals surface area (Å²) in [5, 5.41) is -8.98. The summed E-state index contributed by atoms with van der Waals surface area (Å²) in [6.45, 7) is 0. The van der Waals surface area contributed by atoms with Gasteiger partial charge in [0.25, 0.3) is 11.4 Å². The highest BCUT2D eigenvalue weighted by molar-refractivity contribution is 7.79. The lowest BCUT2D eigenvalue weighted by Gasteiger charge is -2.43. The molecule has 0 unspecified atom stereocenters. The lowest BCUT2D eigenvalue weighted by atomic mass is 9.87. The molecule has 25 heteroatoms. The Morgan fingerprint density at radius 3 is 0.750 bits per heavy atom. The standard InChI is InChI=1S/C11H4F21N2S.HI/c12-2(13,4(16,17)6(20,21)8(24,25)10(28,29)30)3(14,15)5(18,19)7(22,23)9(26,27)11(31,32)35-1(33)34;/h33-34H2;1H/q+1;/p-1. The second-order valence-corrected chi connectivity index (χ2v) is 7.30. The molecule has 0 amide bonds. The molecule has 0 aromatic carbocycles. The molecule has 2 nitrogen and oxygen atoms in total. The maximum absolute atomic E-state index is 13.4. The molecule has 36 heavy (non-hydrogen) atoms. The van der Waals surface area contributed by atoms with Crippen molar-refractivity contribution in [3.63, 3.8) is 0 Å². The van der Waals surface area contributed by atoms with E-state index in [-0.39, 0.29) is 24.0 Å². The van der Waals surface area contributed by atoms with Gasteiger partial charge in [0.05, 0.1) is 0 Å². The van der Waals surface area contributed by atoms with E-state index < -0.39 is 75.3 Å². The van der Waals surface area contributed by atoms with Crippen molar-refractivity contribution in [1.82, 2.24) is 0 Å². The fourth-order valence-electron chi connectivity index (χ4n) is 1.76. The number of rotatable bonds is 9. The molecule has 0 aliphatic carbocycles. The van der Waals surface area contributed by atoms with E-state index in [1.165, 1.54) is 0 Å². The summed E-state index contributed by atoms with van der Waals surface area (Å²) in [5.74, 6) is -70.5. The van der Waals surface area contributed by atoms with Crippen LogP contribution in [-0.4, -0.2) is 63.9 Å². The summed E-state index contributed by atoms with van der Waals surface area (Å²) in [6, 6.07) is 0. The number of nitrogens with two attached hydrogens (primary N) is 2. The molecule has 0 spiro atoms. The smallest absolute Gasteiger partial charge is 0.551 e. The molecule has 0 saturated heterocycles. The van der Waals surface area contributed by atoms with Crippen LogP contribution in [-0.2, 0) is 11.4 Å². The van der Waals surface area contributed by atoms with Crippen LogP contribution >= 0.6 is 0 Å². The van der Waals surface area contributed by atoms with Crippen molar-refractivity contribution < 1.29 is 116 Å². The molecule has 0 bridgehead atoms. The van der Waals surface area contributed by atoms with Gasteiger partial charge in [-0.3, -0.25) is 0 Å². The van der Waals surface area contributed by atoms with Crippen LogP contribution in [0.4, 0.5) is 92.2 Å². The van der Waals surface area contributed by atoms with Crippen LogP contribution in [0.15, 0.2) is 0 Å². The Balaban J connectivity index is 0. The molecule has 0 radical (unpaired) electrons. The lowest BCUT2D eigenvalue weighted by molar-refractivity contribution is -0.472. The molecule has 0 saturated carbocycles. The average Bonchev–Trinajstić information content (AvgIpc) is 2.58. The lowest BCUT2D eigenvalue weighted by Crippen LogP contribution is -3.00. The molecule has 0 heterocycles. The summed E-state index contributed by atoms with van der Waals surface area (Å²) in [4.78, 5) is 0. The van der Waals surface area contributed by atoms with E-state index in [9.17, 15) is 92.2 Å². The van der Waals surface area contributed by atoms with Crippen LogP contribution < -0.4 is 35.4 Å². The molecule has 0 fully saturated rings. The van der Waals surface area contributed by atoms with Gasteiger partial charge in [0, 0.05) is 0 Å². The fourth-order valence-corrected chi connectivity index (χ4v) is 2.31. The highest BCUT2D eigenvalue weighted by Crippen LogP contribution is 2.66. The van der Waals surface area contributed by atoms with Gasteiger partial charge >= 0.3 is 63.9 Å². The monoisotopic (exact) mass is 722 g/mol. The SMILES string of the molecule is NC(N)=[S+]C(F)(F)C(F)(F)C(F)(F)C(F)(F)C(F)(F)C(F)(F)C(F)(F)C(F)(F)C(F)(F)C(F)(F)F.[I-]. The molecule has 0 atom stereocenters. The van der Waals surface area contributed by atoms with Gasteiger partial charge in [0.2, 0.25) is 0 Å². The van der Waals surface area contributed by atoms with E-state index in [1.807, 2.05) is 0 Å². The van der Waals surface area contributed by atoms with Crippen LogP contribution in [0.3, 0.4) is 0 Å². The van der Waals surface area contributed by atoms with E-state index in [0.29, 0.717) is 0 Å². The van der Waals surface area contributed by atoms with Crippen molar-refractivity contribution >= 4 is 16.5 Å². The Morgan fingerprint density at radius 1 is 0.361 bits per heavy atom. The summed E-state index contributed by atoms with van der Waals surface area (Å²) in [6.07, 6.45) is -8.01. The van der Waals surface area contributed by atoms with Crippen LogP contribution in [0.25, 0.3) is 0 Å². The first-order chi connectivity index (χ1) is 14.7. The molecule has 0 aromatic heterocycles. The first kappa shape index (κ1) is 37.4. The van der Waals surface area contributed by atoms with Crippen molar-refractivity contribution in [2.75, 3.05) is 0 Å². The van der Waals surface area contributed by atoms with Crippen LogP contribution in [0.2, 0.25) is 0 Å². The number of halogens is 22. The Hall–Kier alpha value is -0.730. The zero-order chi connectivity index (χ0) is 29.3. The van der Waals surface area contributed by atoms with Gasteiger partial charge in [0.1, 0.15) is 0 Å². The van der Waals surface area contributed by atoms with Gasteiger partial charge in [-0.15, -0.1) is 8.78 Å². The average molecular weight is 722 g/mol. The summed E-state index contributed by atoms with van der Waals surface area (Å²) >= 11 is -2.21. The van der Waals surface area contributed by atoms with Crippen molar-refractivity contribution in [3.05, 3.63) is 0 Å².